The summed E-state index contributed by atoms with van der Waals surface area (Å²) in [5.74, 6) is -0.801. The van der Waals surface area contributed by atoms with Crippen molar-refractivity contribution in [2.75, 3.05) is 11.1 Å². The Hall–Kier alpha value is -2.23. The summed E-state index contributed by atoms with van der Waals surface area (Å²) in [5.41, 5.74) is -1.72. The van der Waals surface area contributed by atoms with Gasteiger partial charge in [-0.05, 0) is 12.1 Å². The fourth-order valence-corrected chi connectivity index (χ4v) is 2.60. The number of nitrogens with zero attached hydrogens (tertiary/aromatic N) is 1. The van der Waals surface area contributed by atoms with Gasteiger partial charge < -0.3 is 5.32 Å². The Morgan fingerprint density at radius 3 is 2.52 bits per heavy atom. The quantitative estimate of drug-likeness (QED) is 0.607. The van der Waals surface area contributed by atoms with Gasteiger partial charge in [-0.2, -0.15) is 13.2 Å². The Kier molecular flexibility index (Phi) is 5.65. The lowest BCUT2D eigenvalue weighted by atomic mass is 10.2. The van der Waals surface area contributed by atoms with Crippen LogP contribution in [0.5, 0.6) is 0 Å². The molecule has 0 aliphatic heterocycles. The van der Waals surface area contributed by atoms with Crippen molar-refractivity contribution < 1.29 is 26.4 Å². The normalized spacial score (nSPS) is 12.4. The maximum Gasteiger partial charge on any atom is 0.432 e. The number of hydrogen-bond acceptors (Lipinski definition) is 6. The van der Waals surface area contributed by atoms with Crippen LogP contribution in [0.15, 0.2) is 29.4 Å². The monoisotopic (exact) mass is 349 g/mol. The van der Waals surface area contributed by atoms with E-state index in [1.54, 1.807) is 0 Å². The Balaban J connectivity index is 3.13. The third-order valence-electron chi connectivity index (χ3n) is 2.71. The Labute approximate surface area is 130 Å². The maximum atomic E-state index is 12.2. The van der Waals surface area contributed by atoms with Gasteiger partial charge in [0, 0.05) is 13.1 Å². The minimum absolute atomic E-state index is 0.0771. The minimum atomic E-state index is -4.77. The number of rotatable bonds is 6. The van der Waals surface area contributed by atoms with Crippen LogP contribution >= 0.6 is 0 Å². The summed E-state index contributed by atoms with van der Waals surface area (Å²) in [7, 11) is -3.73. The van der Waals surface area contributed by atoms with E-state index in [1.165, 1.54) is 6.92 Å². The van der Waals surface area contributed by atoms with Crippen molar-refractivity contribution in [2.24, 2.45) is 0 Å². The fraction of sp³-hybridized carbons (Fsp3) is 0.308. The number of carbonyl (C=O) groups excluding carboxylic acids is 1. The zero-order valence-electron chi connectivity index (χ0n) is 12.2. The van der Waals surface area contributed by atoms with E-state index in [0.717, 1.165) is 25.4 Å². The van der Waals surface area contributed by atoms with Gasteiger partial charge in [0.25, 0.3) is 0 Å². The summed E-state index contributed by atoms with van der Waals surface area (Å²) in [6.45, 7) is 2.55. The number of carbonyl (C=O) groups is 1. The van der Waals surface area contributed by atoms with Crippen molar-refractivity contribution in [3.05, 3.63) is 30.2 Å². The van der Waals surface area contributed by atoms with Crippen LogP contribution in [0.25, 0.3) is 0 Å². The molecule has 126 valence electrons. The lowest BCUT2D eigenvalue weighted by molar-refractivity contribution is -0.0584. The molecule has 1 heterocycles. The minimum Gasteiger partial charge on any atom is -0.360 e. The highest BCUT2D eigenvalue weighted by Crippen LogP contribution is 2.21. The summed E-state index contributed by atoms with van der Waals surface area (Å²) in [6.07, 6.45) is -2.34. The second-order valence-electron chi connectivity index (χ2n) is 4.42. The second kappa shape index (κ2) is 6.90. The summed E-state index contributed by atoms with van der Waals surface area (Å²) in [4.78, 5) is 14.9. The van der Waals surface area contributed by atoms with Crippen molar-refractivity contribution in [3.63, 3.8) is 0 Å². The summed E-state index contributed by atoms with van der Waals surface area (Å²) >= 11 is 0. The number of halogens is 3. The highest BCUT2D eigenvalue weighted by atomic mass is 32.2. The predicted octanol–water partition coefficient (Wildman–Crippen LogP) is 2.59. The molecule has 0 aromatic carbocycles. The molecule has 0 fully saturated rings. The van der Waals surface area contributed by atoms with Gasteiger partial charge in [0.15, 0.2) is 15.6 Å². The van der Waals surface area contributed by atoms with Gasteiger partial charge in [0.1, 0.15) is 11.4 Å². The van der Waals surface area contributed by atoms with Crippen LogP contribution in [0, 0.1) is 5.41 Å². The molecule has 0 amide bonds. The topological polar surface area (TPSA) is 100.0 Å². The van der Waals surface area contributed by atoms with Gasteiger partial charge in [0.05, 0.1) is 22.5 Å². The molecule has 0 aliphatic carbocycles. The molecule has 10 heteroatoms. The molecule has 0 atom stereocenters. The van der Waals surface area contributed by atoms with Crippen molar-refractivity contribution >= 4 is 27.0 Å². The van der Waals surface area contributed by atoms with Gasteiger partial charge in [-0.25, -0.2) is 13.4 Å². The number of nitrogens with one attached hydrogen (secondary N) is 2. The average Bonchev–Trinajstić information content (AvgIpc) is 2.45. The van der Waals surface area contributed by atoms with Crippen LogP contribution in [0.2, 0.25) is 0 Å². The van der Waals surface area contributed by atoms with E-state index in [-0.39, 0.29) is 22.0 Å². The van der Waals surface area contributed by atoms with E-state index < -0.39 is 27.5 Å². The number of anilines is 1. The van der Waals surface area contributed by atoms with E-state index >= 15 is 0 Å². The lowest BCUT2D eigenvalue weighted by Crippen LogP contribution is -2.19. The molecule has 0 spiro atoms. The number of Topliss-reactive ketones (excluding diaryl/α,β-unsaturated/α-hetero) is 1. The first-order valence-corrected chi connectivity index (χ1v) is 7.97. The van der Waals surface area contributed by atoms with Crippen LogP contribution in [0.1, 0.15) is 24.3 Å². The predicted molar refractivity (Wildman–Crippen MR) is 78.5 cm³/mol. The van der Waals surface area contributed by atoms with E-state index in [4.69, 9.17) is 5.41 Å². The van der Waals surface area contributed by atoms with Crippen LogP contribution in [-0.2, 0) is 9.84 Å². The van der Waals surface area contributed by atoms with Gasteiger partial charge in [0.2, 0.25) is 0 Å². The summed E-state index contributed by atoms with van der Waals surface area (Å²) in [5, 5.41) is 9.15. The molecule has 0 radical (unpaired) electrons. The molecular formula is C13H14F3N3O3S. The van der Waals surface area contributed by atoms with Crippen LogP contribution in [0.4, 0.5) is 18.9 Å². The van der Waals surface area contributed by atoms with E-state index in [2.05, 4.69) is 10.3 Å². The fourth-order valence-electron chi connectivity index (χ4n) is 1.50. The van der Waals surface area contributed by atoms with E-state index in [9.17, 15) is 26.4 Å². The summed E-state index contributed by atoms with van der Waals surface area (Å²) < 4.78 is 60.4. The number of ketones is 1. The molecule has 0 unspecified atom stereocenters. The van der Waals surface area contributed by atoms with E-state index in [1.807, 2.05) is 0 Å². The summed E-state index contributed by atoms with van der Waals surface area (Å²) in [6, 6.07) is 1.12. The van der Waals surface area contributed by atoms with Crippen LogP contribution < -0.4 is 5.32 Å². The molecule has 1 aromatic heterocycles. The molecule has 0 saturated carbocycles. The van der Waals surface area contributed by atoms with Crippen molar-refractivity contribution in [1.82, 2.24) is 4.98 Å². The number of allylic oxidation sites excluding steroid dienone is 1. The number of sulfone groups is 1. The van der Waals surface area contributed by atoms with Gasteiger partial charge in [-0.1, -0.05) is 6.92 Å². The first kappa shape index (κ1) is 18.8. The lowest BCUT2D eigenvalue weighted by Gasteiger charge is -2.09. The SMILES string of the molecule is CCS(=O)(=O)c1cc(N/C=C\C(=N)C(F)(F)F)cnc1C(C)=O. The molecule has 0 aliphatic rings. The molecule has 2 N–H and O–H groups in total. The third-order valence-corrected chi connectivity index (χ3v) is 4.45. The number of alkyl halides is 3. The van der Waals surface area contributed by atoms with Crippen molar-refractivity contribution in [2.45, 2.75) is 24.9 Å². The van der Waals surface area contributed by atoms with Crippen LogP contribution in [0.3, 0.4) is 0 Å². The van der Waals surface area contributed by atoms with Gasteiger partial charge in [-0.3, -0.25) is 10.2 Å². The van der Waals surface area contributed by atoms with Gasteiger partial charge in [-0.15, -0.1) is 0 Å². The Morgan fingerprint density at radius 2 is 2.04 bits per heavy atom. The molecule has 0 bridgehead atoms. The molecule has 23 heavy (non-hydrogen) atoms. The Bertz CT molecular complexity index is 755. The van der Waals surface area contributed by atoms with E-state index in [0.29, 0.717) is 6.08 Å². The average molecular weight is 349 g/mol. The molecule has 6 nitrogen and oxygen atoms in total. The highest BCUT2D eigenvalue weighted by molar-refractivity contribution is 7.91. The second-order valence-corrected chi connectivity index (χ2v) is 6.67. The van der Waals surface area contributed by atoms with Gasteiger partial charge >= 0.3 is 6.18 Å². The number of aromatic nitrogens is 1. The molecule has 0 saturated heterocycles. The zero-order valence-corrected chi connectivity index (χ0v) is 13.0. The maximum absolute atomic E-state index is 12.2. The smallest absolute Gasteiger partial charge is 0.360 e. The van der Waals surface area contributed by atoms with Crippen molar-refractivity contribution in [3.8, 4) is 0 Å². The van der Waals surface area contributed by atoms with Crippen LogP contribution in [-0.4, -0.2) is 36.8 Å². The van der Waals surface area contributed by atoms with Crippen molar-refractivity contribution in [1.29, 1.82) is 5.41 Å². The highest BCUT2D eigenvalue weighted by Gasteiger charge is 2.32. The molecule has 1 rings (SSSR count). The number of pyridine rings is 1. The molecule has 1 aromatic rings. The number of hydrogen-bond donors (Lipinski definition) is 2. The Morgan fingerprint density at radius 1 is 1.43 bits per heavy atom. The standard InChI is InChI=1S/C13H14F3N3O3S/c1-3-23(21,22)10-6-9(7-19-12(10)8(2)20)18-5-4-11(17)13(14,15)16/h4-7,17-18H,3H2,1-2H3/b5-4-,17-11?. The first-order chi connectivity index (χ1) is 10.5. The first-order valence-electron chi connectivity index (χ1n) is 6.31. The largest absolute Gasteiger partial charge is 0.432 e. The third kappa shape index (κ3) is 4.88. The zero-order chi connectivity index (χ0) is 17.8. The molecular weight excluding hydrogens is 335 g/mol.